The molecular weight excluding hydrogens is 570 g/mol. The summed E-state index contributed by atoms with van der Waals surface area (Å²) in [6.07, 6.45) is -4.56. The minimum atomic E-state index is -4.88. The van der Waals surface area contributed by atoms with Crippen molar-refractivity contribution in [3.8, 4) is 0 Å². The number of benzene rings is 1. The maximum absolute atomic E-state index is 14.0. The predicted molar refractivity (Wildman–Crippen MR) is 128 cm³/mol. The van der Waals surface area contributed by atoms with Crippen molar-refractivity contribution in [3.05, 3.63) is 52.4 Å². The molecule has 1 atom stereocenters. The molecule has 220 valence electrons. The summed E-state index contributed by atoms with van der Waals surface area (Å²) in [5.41, 5.74) is 5.07. The number of amides is 2. The lowest BCUT2D eigenvalue weighted by Crippen LogP contribution is -2.50. The Hall–Kier alpha value is -3.18. The molecule has 0 aliphatic carbocycles. The van der Waals surface area contributed by atoms with Crippen molar-refractivity contribution in [2.45, 2.75) is 38.1 Å². The zero-order chi connectivity index (χ0) is 29.6. The molecule has 0 radical (unpaired) electrons. The van der Waals surface area contributed by atoms with Crippen LogP contribution in [0.15, 0.2) is 12.1 Å². The normalized spacial score (nSPS) is 17.6. The van der Waals surface area contributed by atoms with E-state index in [4.69, 9.17) is 5.73 Å². The second kappa shape index (κ2) is 11.0. The van der Waals surface area contributed by atoms with Crippen LogP contribution in [-0.4, -0.2) is 88.9 Å². The van der Waals surface area contributed by atoms with E-state index in [0.29, 0.717) is 12.1 Å². The number of hydrogen-bond donors (Lipinski definition) is 1. The first-order valence-corrected chi connectivity index (χ1v) is 14.0. The molecule has 10 nitrogen and oxygen atoms in total. The molecule has 40 heavy (non-hydrogen) atoms. The third-order valence-corrected chi connectivity index (χ3v) is 8.12. The van der Waals surface area contributed by atoms with Gasteiger partial charge in [0.25, 0.3) is 5.91 Å². The zero-order valence-electron chi connectivity index (χ0n) is 21.2. The van der Waals surface area contributed by atoms with Gasteiger partial charge in [0.1, 0.15) is 5.82 Å². The second-order valence-corrected chi connectivity index (χ2v) is 11.7. The van der Waals surface area contributed by atoms with E-state index < -0.39 is 69.6 Å². The Morgan fingerprint density at radius 3 is 2.17 bits per heavy atom. The molecule has 1 unspecified atom stereocenters. The number of piperazine rings is 1. The van der Waals surface area contributed by atoms with E-state index in [-0.39, 0.29) is 63.4 Å². The van der Waals surface area contributed by atoms with Crippen LogP contribution in [0.4, 0.5) is 26.3 Å². The van der Waals surface area contributed by atoms with E-state index in [1.54, 1.807) is 0 Å². The molecule has 2 N–H and O–H groups in total. The molecule has 0 spiro atoms. The highest BCUT2D eigenvalue weighted by Gasteiger charge is 2.42. The molecule has 0 saturated carbocycles. The number of hydrogen-bond acceptors (Lipinski definition) is 6. The van der Waals surface area contributed by atoms with Gasteiger partial charge in [0.05, 0.1) is 18.5 Å². The fourth-order valence-corrected chi connectivity index (χ4v) is 5.60. The fourth-order valence-electron chi connectivity index (χ4n) is 4.77. The van der Waals surface area contributed by atoms with Crippen molar-refractivity contribution in [2.75, 3.05) is 39.0 Å². The molecular formula is C23H26F6N6O4S. The van der Waals surface area contributed by atoms with Crippen LogP contribution in [0.3, 0.4) is 0 Å². The van der Waals surface area contributed by atoms with Gasteiger partial charge in [-0.1, -0.05) is 0 Å². The minimum Gasteiger partial charge on any atom is -0.335 e. The van der Waals surface area contributed by atoms with Crippen molar-refractivity contribution < 1.29 is 44.3 Å². The molecule has 1 aromatic heterocycles. The summed E-state index contributed by atoms with van der Waals surface area (Å²) in [4.78, 5) is 32.1. The maximum atomic E-state index is 14.0. The number of imidazole rings is 1. The Labute approximate surface area is 225 Å². The first-order chi connectivity index (χ1) is 18.6. The smallest absolute Gasteiger partial charge is 0.335 e. The average molecular weight is 597 g/mol. The van der Waals surface area contributed by atoms with Gasteiger partial charge in [-0.3, -0.25) is 9.59 Å². The molecule has 2 aromatic rings. The van der Waals surface area contributed by atoms with Crippen LogP contribution in [0.5, 0.6) is 0 Å². The van der Waals surface area contributed by atoms with Crippen molar-refractivity contribution >= 4 is 21.8 Å². The van der Waals surface area contributed by atoms with Crippen molar-refractivity contribution in [3.63, 3.8) is 0 Å². The van der Waals surface area contributed by atoms with E-state index in [2.05, 4.69) is 4.98 Å². The monoisotopic (exact) mass is 596 g/mol. The lowest BCUT2D eigenvalue weighted by atomic mass is 10.0. The van der Waals surface area contributed by atoms with Gasteiger partial charge in [0, 0.05) is 57.8 Å². The third kappa shape index (κ3) is 6.25. The summed E-state index contributed by atoms with van der Waals surface area (Å²) < 4.78 is 107. The molecule has 4 rings (SSSR count). The lowest BCUT2D eigenvalue weighted by molar-refractivity contribution is -0.148. The van der Waals surface area contributed by atoms with E-state index in [9.17, 15) is 44.3 Å². The van der Waals surface area contributed by atoms with Crippen LogP contribution in [0.25, 0.3) is 0 Å². The summed E-state index contributed by atoms with van der Waals surface area (Å²) in [5.74, 6) is -6.42. The van der Waals surface area contributed by atoms with Crippen LogP contribution < -0.4 is 5.73 Å². The standard InChI is InChI=1S/C23H26F6N6O4S/c1-40(38,39)34-5-2-32(3-6-34)21(37)20-18-12-33(4-7-35(18)22(31-20)23(27,28)29)19(36)10-14(30)8-13-9-16(25)17(26)11-15(13)24/h9,11,14H,2-8,10,12,30H2,1H3. The number of sulfonamides is 1. The number of nitrogens with zero attached hydrogens (tertiary/aromatic N) is 5. The summed E-state index contributed by atoms with van der Waals surface area (Å²) in [5, 5.41) is 0. The number of fused-ring (bicyclic) bond motifs is 1. The van der Waals surface area contributed by atoms with Gasteiger partial charge in [-0.25, -0.2) is 26.6 Å². The Morgan fingerprint density at radius 2 is 1.57 bits per heavy atom. The number of carbonyl (C=O) groups is 2. The number of alkyl halides is 3. The van der Waals surface area contributed by atoms with E-state index in [0.717, 1.165) is 15.1 Å². The predicted octanol–water partition coefficient (Wildman–Crippen LogP) is 1.34. The first kappa shape index (κ1) is 29.8. The molecule has 1 aromatic carbocycles. The number of carbonyl (C=O) groups excluding carboxylic acids is 2. The number of halogens is 6. The third-order valence-electron chi connectivity index (χ3n) is 6.82. The second-order valence-electron chi connectivity index (χ2n) is 9.68. The molecule has 2 amide bonds. The molecule has 2 aliphatic heterocycles. The Bertz CT molecular complexity index is 1420. The minimum absolute atomic E-state index is 0.0339. The number of nitrogens with two attached hydrogens (primary N) is 1. The van der Waals surface area contributed by atoms with Gasteiger partial charge in [-0.2, -0.15) is 17.5 Å². The molecule has 17 heteroatoms. The Morgan fingerprint density at radius 1 is 0.975 bits per heavy atom. The van der Waals surface area contributed by atoms with E-state index >= 15 is 0 Å². The molecule has 2 aliphatic rings. The molecule has 3 heterocycles. The number of aromatic nitrogens is 2. The largest absolute Gasteiger partial charge is 0.449 e. The summed E-state index contributed by atoms with van der Waals surface area (Å²) >= 11 is 0. The van der Waals surface area contributed by atoms with E-state index in [1.165, 1.54) is 9.80 Å². The van der Waals surface area contributed by atoms with Crippen molar-refractivity contribution in [1.82, 2.24) is 23.7 Å². The SMILES string of the molecule is CS(=O)(=O)N1CCN(C(=O)c2nc(C(F)(F)F)n3c2CN(C(=O)CC(N)Cc2cc(F)c(F)cc2F)CC3)CC1. The fraction of sp³-hybridized carbons (Fsp3) is 0.522. The van der Waals surface area contributed by atoms with Gasteiger partial charge < -0.3 is 20.1 Å². The van der Waals surface area contributed by atoms with Crippen LogP contribution >= 0.6 is 0 Å². The Balaban J connectivity index is 1.50. The van der Waals surface area contributed by atoms with Gasteiger partial charge in [0.2, 0.25) is 21.8 Å². The first-order valence-electron chi connectivity index (χ1n) is 12.1. The van der Waals surface area contributed by atoms with Gasteiger partial charge >= 0.3 is 6.18 Å². The highest BCUT2D eigenvalue weighted by atomic mass is 32.2. The van der Waals surface area contributed by atoms with Crippen LogP contribution in [0.1, 0.15) is 34.0 Å². The maximum Gasteiger partial charge on any atom is 0.449 e. The van der Waals surface area contributed by atoms with Crippen LogP contribution in [0, 0.1) is 17.5 Å². The molecule has 1 saturated heterocycles. The highest BCUT2D eigenvalue weighted by Crippen LogP contribution is 2.33. The molecule has 0 bridgehead atoms. The summed E-state index contributed by atoms with van der Waals surface area (Å²) in [6.45, 7) is -1.04. The van der Waals surface area contributed by atoms with Crippen LogP contribution in [-0.2, 0) is 40.5 Å². The Kier molecular flexibility index (Phi) is 8.20. The topological polar surface area (TPSA) is 122 Å². The van der Waals surface area contributed by atoms with Gasteiger partial charge in [0.15, 0.2) is 17.3 Å². The van der Waals surface area contributed by atoms with Gasteiger partial charge in [-0.15, -0.1) is 0 Å². The summed E-state index contributed by atoms with van der Waals surface area (Å²) in [6, 6.07) is -0.0134. The zero-order valence-corrected chi connectivity index (χ0v) is 22.0. The number of rotatable bonds is 6. The molecule has 1 fully saturated rings. The quantitative estimate of drug-likeness (QED) is 0.397. The average Bonchev–Trinajstić information content (AvgIpc) is 3.26. The lowest BCUT2D eigenvalue weighted by Gasteiger charge is -2.34. The summed E-state index contributed by atoms with van der Waals surface area (Å²) in [7, 11) is -3.51. The van der Waals surface area contributed by atoms with Gasteiger partial charge in [-0.05, 0) is 18.1 Å². The van der Waals surface area contributed by atoms with Crippen molar-refractivity contribution in [2.24, 2.45) is 5.73 Å². The van der Waals surface area contributed by atoms with E-state index in [1.807, 2.05) is 0 Å². The van der Waals surface area contributed by atoms with Crippen molar-refractivity contribution in [1.29, 1.82) is 0 Å². The van der Waals surface area contributed by atoms with Crippen LogP contribution in [0.2, 0.25) is 0 Å². The highest BCUT2D eigenvalue weighted by molar-refractivity contribution is 7.88.